The average molecular weight is 462 g/mol. The van der Waals surface area contributed by atoms with E-state index >= 15 is 0 Å². The van der Waals surface area contributed by atoms with Gasteiger partial charge >= 0.3 is 6.18 Å². The molecule has 3 rings (SSSR count). The van der Waals surface area contributed by atoms with Gasteiger partial charge in [0.1, 0.15) is 12.6 Å². The van der Waals surface area contributed by atoms with Crippen molar-refractivity contribution >= 4 is 38.3 Å². The number of halogens is 3. The molecule has 2 amide bonds. The Morgan fingerprint density at radius 2 is 1.93 bits per heavy atom. The molecule has 1 aliphatic rings. The summed E-state index contributed by atoms with van der Waals surface area (Å²) in [6.07, 6.45) is -2.21. The van der Waals surface area contributed by atoms with Gasteiger partial charge in [-0.2, -0.15) is 17.5 Å². The number of amides is 2. The van der Waals surface area contributed by atoms with E-state index in [2.05, 4.69) is 10.3 Å². The molecule has 0 saturated carbocycles. The van der Waals surface area contributed by atoms with Crippen LogP contribution in [0.2, 0.25) is 0 Å². The van der Waals surface area contributed by atoms with Crippen LogP contribution >= 0.6 is 11.3 Å². The predicted octanol–water partition coefficient (Wildman–Crippen LogP) is 2.23. The van der Waals surface area contributed by atoms with Gasteiger partial charge in [-0.15, -0.1) is 11.3 Å². The lowest BCUT2D eigenvalue weighted by Crippen LogP contribution is -2.43. The Morgan fingerprint density at radius 1 is 1.23 bits per heavy atom. The van der Waals surface area contributed by atoms with Crippen LogP contribution in [0.1, 0.15) is 23.2 Å². The van der Waals surface area contributed by atoms with Crippen molar-refractivity contribution in [2.45, 2.75) is 30.0 Å². The highest BCUT2D eigenvalue weighted by Gasteiger charge is 2.39. The maximum absolute atomic E-state index is 13.0. The van der Waals surface area contributed by atoms with E-state index in [1.54, 1.807) is 10.7 Å². The summed E-state index contributed by atoms with van der Waals surface area (Å²) in [5.41, 5.74) is -0.113. The number of hydrogen-bond donors (Lipinski definition) is 2. The van der Waals surface area contributed by atoms with Gasteiger partial charge in [0.2, 0.25) is 15.9 Å². The van der Waals surface area contributed by atoms with Crippen molar-refractivity contribution in [2.75, 3.05) is 18.4 Å². The molecular weight excluding hydrogens is 445 g/mol. The van der Waals surface area contributed by atoms with Crippen molar-refractivity contribution < 1.29 is 31.2 Å². The summed E-state index contributed by atoms with van der Waals surface area (Å²) in [4.78, 5) is 28.1. The van der Waals surface area contributed by atoms with Crippen LogP contribution in [0, 0.1) is 0 Å². The number of anilines is 1. The molecule has 1 aromatic heterocycles. The lowest BCUT2D eigenvalue weighted by Gasteiger charge is -2.23. The van der Waals surface area contributed by atoms with Crippen molar-refractivity contribution in [1.29, 1.82) is 0 Å². The van der Waals surface area contributed by atoms with Crippen molar-refractivity contribution in [1.82, 2.24) is 14.6 Å². The van der Waals surface area contributed by atoms with E-state index in [0.717, 1.165) is 28.6 Å². The highest BCUT2D eigenvalue weighted by Crippen LogP contribution is 2.27. The number of aromatic nitrogens is 1. The third-order valence-corrected chi connectivity index (χ3v) is 6.95. The number of benzene rings is 1. The summed E-state index contributed by atoms with van der Waals surface area (Å²) in [6.45, 7) is -1.35. The maximum Gasteiger partial charge on any atom is 0.405 e. The van der Waals surface area contributed by atoms with Crippen molar-refractivity contribution in [2.24, 2.45) is 0 Å². The molecule has 1 atom stereocenters. The van der Waals surface area contributed by atoms with Gasteiger partial charge < -0.3 is 10.6 Å². The second-order valence-corrected chi connectivity index (χ2v) is 9.21. The number of thiazole rings is 1. The van der Waals surface area contributed by atoms with Crippen LogP contribution < -0.4 is 10.6 Å². The van der Waals surface area contributed by atoms with E-state index < -0.39 is 40.6 Å². The Hall–Kier alpha value is -2.51. The fourth-order valence-corrected chi connectivity index (χ4v) is 5.15. The maximum atomic E-state index is 13.0. The molecule has 0 radical (unpaired) electrons. The van der Waals surface area contributed by atoms with Crippen LogP contribution in [0.5, 0.6) is 0 Å². The van der Waals surface area contributed by atoms with Gasteiger partial charge in [-0.1, -0.05) is 0 Å². The summed E-state index contributed by atoms with van der Waals surface area (Å²) in [5.74, 6) is -1.47. The zero-order valence-electron chi connectivity index (χ0n) is 15.3. The van der Waals surface area contributed by atoms with Gasteiger partial charge in [0.05, 0.1) is 4.90 Å². The van der Waals surface area contributed by atoms with Crippen LogP contribution in [0.25, 0.3) is 0 Å². The number of carbonyl (C=O) groups is 2. The molecule has 0 unspecified atom stereocenters. The summed E-state index contributed by atoms with van der Waals surface area (Å²) >= 11 is 1.21. The molecule has 1 aromatic carbocycles. The Labute approximate surface area is 174 Å². The van der Waals surface area contributed by atoms with Gasteiger partial charge in [-0.3, -0.25) is 9.59 Å². The minimum absolute atomic E-state index is 0.113. The van der Waals surface area contributed by atoms with E-state index in [1.807, 2.05) is 0 Å². The standard InChI is InChI=1S/C17H17F3N4O4S2/c18-17(19,20)10-22-14(25)11-3-5-12(6-4-11)30(27,28)24-8-1-2-13(24)15(26)23-16-21-7-9-29-16/h3-7,9,13H,1-2,8,10H2,(H,22,25)(H,21,23,26)/t13-/m1/s1. The lowest BCUT2D eigenvalue weighted by atomic mass is 10.2. The van der Waals surface area contributed by atoms with Gasteiger partial charge in [-0.25, -0.2) is 13.4 Å². The Balaban J connectivity index is 1.72. The van der Waals surface area contributed by atoms with E-state index in [1.165, 1.54) is 17.5 Å². The molecule has 8 nitrogen and oxygen atoms in total. The Kier molecular flexibility index (Phi) is 6.43. The summed E-state index contributed by atoms with van der Waals surface area (Å²) < 4.78 is 63.7. The van der Waals surface area contributed by atoms with E-state index in [0.29, 0.717) is 18.0 Å². The summed E-state index contributed by atoms with van der Waals surface area (Å²) in [5, 5.41) is 6.33. The Bertz CT molecular complexity index is 1010. The number of nitrogens with zero attached hydrogens (tertiary/aromatic N) is 2. The number of rotatable bonds is 6. The average Bonchev–Trinajstić information content (AvgIpc) is 3.37. The van der Waals surface area contributed by atoms with Crippen molar-refractivity contribution in [3.63, 3.8) is 0 Å². The molecule has 1 aliphatic heterocycles. The third kappa shape index (κ3) is 5.15. The minimum atomic E-state index is -4.55. The highest BCUT2D eigenvalue weighted by molar-refractivity contribution is 7.89. The van der Waals surface area contributed by atoms with E-state index in [-0.39, 0.29) is 17.0 Å². The largest absolute Gasteiger partial charge is 0.405 e. The van der Waals surface area contributed by atoms with E-state index in [9.17, 15) is 31.2 Å². The van der Waals surface area contributed by atoms with Crippen LogP contribution in [-0.2, 0) is 14.8 Å². The zero-order valence-corrected chi connectivity index (χ0v) is 17.0. The molecule has 2 aromatic rings. The smallest absolute Gasteiger partial charge is 0.343 e. The minimum Gasteiger partial charge on any atom is -0.343 e. The fourth-order valence-electron chi connectivity index (χ4n) is 2.96. The number of sulfonamides is 1. The summed E-state index contributed by atoms with van der Waals surface area (Å²) in [6, 6.07) is 3.60. The Morgan fingerprint density at radius 3 is 2.53 bits per heavy atom. The van der Waals surface area contributed by atoms with Crippen molar-refractivity contribution in [3.05, 3.63) is 41.4 Å². The van der Waals surface area contributed by atoms with Crippen LogP contribution in [0.15, 0.2) is 40.7 Å². The molecule has 1 fully saturated rings. The molecule has 30 heavy (non-hydrogen) atoms. The lowest BCUT2D eigenvalue weighted by molar-refractivity contribution is -0.123. The number of hydrogen-bond acceptors (Lipinski definition) is 6. The van der Waals surface area contributed by atoms with Gasteiger partial charge in [0.25, 0.3) is 5.91 Å². The molecular formula is C17H17F3N4O4S2. The second-order valence-electron chi connectivity index (χ2n) is 6.42. The summed E-state index contributed by atoms with van der Waals surface area (Å²) in [7, 11) is -4.05. The molecule has 2 N–H and O–H groups in total. The van der Waals surface area contributed by atoms with E-state index in [4.69, 9.17) is 0 Å². The molecule has 0 spiro atoms. The van der Waals surface area contributed by atoms with Gasteiger partial charge in [0, 0.05) is 23.7 Å². The number of nitrogens with one attached hydrogen (secondary N) is 2. The van der Waals surface area contributed by atoms with Crippen LogP contribution in [-0.4, -0.2) is 54.8 Å². The molecule has 13 heteroatoms. The normalized spacial score (nSPS) is 17.6. The topological polar surface area (TPSA) is 108 Å². The first-order chi connectivity index (χ1) is 14.1. The van der Waals surface area contributed by atoms with Crippen LogP contribution in [0.4, 0.5) is 18.3 Å². The molecule has 1 saturated heterocycles. The first-order valence-corrected chi connectivity index (χ1v) is 11.1. The SMILES string of the molecule is O=C(NCC(F)(F)F)c1ccc(S(=O)(=O)N2CCC[C@@H]2C(=O)Nc2nccs2)cc1. The monoisotopic (exact) mass is 462 g/mol. The van der Waals surface area contributed by atoms with Gasteiger partial charge in [-0.05, 0) is 37.1 Å². The fraction of sp³-hybridized carbons (Fsp3) is 0.353. The van der Waals surface area contributed by atoms with Crippen molar-refractivity contribution in [3.8, 4) is 0 Å². The second kappa shape index (κ2) is 8.70. The predicted molar refractivity (Wildman–Crippen MR) is 102 cm³/mol. The van der Waals surface area contributed by atoms with Crippen LogP contribution in [0.3, 0.4) is 0 Å². The highest BCUT2D eigenvalue weighted by atomic mass is 32.2. The number of carbonyl (C=O) groups excluding carboxylic acids is 2. The zero-order chi connectivity index (χ0) is 21.9. The quantitative estimate of drug-likeness (QED) is 0.685. The number of alkyl halides is 3. The molecule has 2 heterocycles. The molecule has 0 bridgehead atoms. The third-order valence-electron chi connectivity index (χ3n) is 4.34. The first-order valence-electron chi connectivity index (χ1n) is 8.75. The first kappa shape index (κ1) is 22.2. The molecule has 162 valence electrons. The molecule has 0 aliphatic carbocycles. The van der Waals surface area contributed by atoms with Gasteiger partial charge in [0.15, 0.2) is 5.13 Å².